The van der Waals surface area contributed by atoms with Crippen LogP contribution < -0.4 is 0 Å². The average molecular weight is 2040 g/mol. The van der Waals surface area contributed by atoms with Gasteiger partial charge in [0.1, 0.15) is 35.7 Å². The van der Waals surface area contributed by atoms with Gasteiger partial charge in [-0.15, -0.1) is 39.1 Å². The van der Waals surface area contributed by atoms with Crippen molar-refractivity contribution in [2.24, 2.45) is 0 Å². The van der Waals surface area contributed by atoms with E-state index in [1.165, 1.54) is 60.5 Å². The molecule has 0 amide bonds. The Morgan fingerprint density at radius 3 is 1.29 bits per heavy atom. The van der Waals surface area contributed by atoms with E-state index in [1.54, 1.807) is 17.7 Å². The summed E-state index contributed by atoms with van der Waals surface area (Å²) >= 11 is 5.01. The zero-order valence-electron chi connectivity index (χ0n) is 98.0. The molecule has 12 aromatic heterocycles. The van der Waals surface area contributed by atoms with Crippen LogP contribution in [0, 0.1) is 35.5 Å². The Morgan fingerprint density at radius 1 is 0.396 bits per heavy atom. The number of rotatable bonds is 24. The van der Waals surface area contributed by atoms with Crippen LogP contribution >= 0.6 is 34.0 Å². The van der Waals surface area contributed by atoms with E-state index in [4.69, 9.17) is 19.5 Å². The van der Waals surface area contributed by atoms with E-state index < -0.39 is 0 Å². The molecule has 0 aliphatic carbocycles. The van der Waals surface area contributed by atoms with Gasteiger partial charge in [0.25, 0.3) is 0 Å². The number of fused-ring (bicyclic) bond motifs is 1. The predicted molar refractivity (Wildman–Crippen MR) is 606 cm³/mol. The summed E-state index contributed by atoms with van der Waals surface area (Å²) in [4.78, 5) is 27.4. The summed E-state index contributed by atoms with van der Waals surface area (Å²) in [6.45, 7) is 104. The zero-order chi connectivity index (χ0) is 110. The average Bonchev–Trinajstić information content (AvgIpc) is 1.65. The largest absolute Gasteiger partial charge is 0.445 e. The number of hydrogen-bond acceptors (Lipinski definition) is 21. The highest BCUT2D eigenvalue weighted by molar-refractivity contribution is 7.18. The number of thiazole rings is 3. The first-order chi connectivity index (χ1) is 67.0. The summed E-state index contributed by atoms with van der Waals surface area (Å²) in [5, 5.41) is 57.0. The lowest BCUT2D eigenvalue weighted by molar-refractivity contribution is 0.363. The molecule has 13 aromatic rings. The van der Waals surface area contributed by atoms with Gasteiger partial charge in [-0.2, -0.15) is 40.4 Å². The fraction of sp³-hybridized carbons (Fsp3) is 0.624. The lowest BCUT2D eigenvalue weighted by atomic mass is 10.0. The fourth-order valence-electron chi connectivity index (χ4n) is 13.0. The normalized spacial score (nSPS) is 11.4. The van der Waals surface area contributed by atoms with Crippen molar-refractivity contribution in [3.8, 4) is 12.1 Å². The molecule has 0 bridgehead atoms. The van der Waals surface area contributed by atoms with Crippen LogP contribution in [0.4, 0.5) is 4.39 Å². The van der Waals surface area contributed by atoms with E-state index in [9.17, 15) is 4.39 Å². The molecule has 0 radical (unpaired) electrons. The number of pyridine rings is 1. The highest BCUT2D eigenvalue weighted by atomic mass is 32.1. The van der Waals surface area contributed by atoms with Crippen LogP contribution in [-0.2, 0) is 0 Å². The SMILES string of the molecule is CC(C)c1cc(C(C)C)[nH]n1.CC(C)c1cc(C(C)C)on1.CC(C)c1ccc(C#N)n1C(C)C.CC(C)c1ccnc(C(C)C)c1.CC(C)c1cn(C(C)C)nn1.CC(C)c1cnc(C(C)C)o1.CC(C)c1cnnc(C(C)C)c1.CC(C)c1nc(C#N)c(C(C)C)s1.CC(C)c1nc(F)c(C(C)C)s1.CC(C)c1nc2cccc(C(C)C)c2s1.CC(C)c1ncn(C(C)C)n1.Cc1cc(C(C)C)n(C(C)C)n1. The molecule has 0 aliphatic heterocycles. The van der Waals surface area contributed by atoms with Gasteiger partial charge < -0.3 is 13.5 Å². The van der Waals surface area contributed by atoms with Crippen LogP contribution in [0.25, 0.3) is 10.2 Å². The van der Waals surface area contributed by atoms with Gasteiger partial charge in [0.15, 0.2) is 17.4 Å². The molecule has 0 spiro atoms. The number of H-pyrrole nitrogens is 1. The van der Waals surface area contributed by atoms with Gasteiger partial charge in [-0.25, -0.2) is 29.6 Å². The van der Waals surface area contributed by atoms with Gasteiger partial charge in [0.05, 0.1) is 71.0 Å². The Morgan fingerprint density at radius 2 is 0.931 bits per heavy atom. The van der Waals surface area contributed by atoms with Crippen molar-refractivity contribution in [2.45, 2.75) is 482 Å². The Bertz CT molecular complexity index is 5250. The van der Waals surface area contributed by atoms with Crippen LogP contribution in [0.2, 0.25) is 0 Å². The molecule has 144 heavy (non-hydrogen) atoms. The van der Waals surface area contributed by atoms with Crippen molar-refractivity contribution in [1.82, 2.24) is 94.6 Å². The van der Waals surface area contributed by atoms with Crippen molar-refractivity contribution in [1.29, 1.82) is 10.5 Å². The molecule has 0 saturated carbocycles. The second-order valence-electron chi connectivity index (χ2n) is 44.2. The minimum Gasteiger partial charge on any atom is -0.445 e. The topological polar surface area (TPSA) is 290 Å². The minimum absolute atomic E-state index is 0.245. The number of halogens is 1. The third-order valence-corrected chi connectivity index (χ3v) is 27.2. The van der Waals surface area contributed by atoms with E-state index in [-0.39, 0.29) is 11.9 Å². The number of nitrogens with one attached hydrogen (secondary N) is 1. The number of nitriles is 2. The number of benzene rings is 1. The number of aromatic amines is 1. The molecule has 0 saturated heterocycles. The molecule has 798 valence electrons. The summed E-state index contributed by atoms with van der Waals surface area (Å²) in [6.07, 6.45) is 9.37. The van der Waals surface area contributed by atoms with E-state index in [0.717, 1.165) is 82.7 Å². The van der Waals surface area contributed by atoms with Gasteiger partial charge in [-0.3, -0.25) is 19.4 Å². The highest BCUT2D eigenvalue weighted by Crippen LogP contribution is 2.36. The molecular formula is C117H188FN21O2S3. The first-order valence-electron chi connectivity index (χ1n) is 52.8. The Kier molecular flexibility index (Phi) is 57.9. The zero-order valence-corrected chi connectivity index (χ0v) is 100. The molecule has 27 heteroatoms. The van der Waals surface area contributed by atoms with Crippen molar-refractivity contribution in [2.75, 3.05) is 0 Å². The summed E-state index contributed by atoms with van der Waals surface area (Å²) in [7, 11) is 0. The minimum atomic E-state index is -0.279. The van der Waals surface area contributed by atoms with Crippen LogP contribution in [-0.4, -0.2) is 94.6 Å². The van der Waals surface area contributed by atoms with Gasteiger partial charge in [0, 0.05) is 112 Å². The fourth-order valence-corrected chi connectivity index (χ4v) is 16.2. The lowest BCUT2D eigenvalue weighted by Crippen LogP contribution is -2.08. The third kappa shape index (κ3) is 44.3. The van der Waals surface area contributed by atoms with Crippen molar-refractivity contribution in [3.05, 3.63) is 231 Å². The molecular weight excluding hydrogens is 1850 g/mol. The quantitative estimate of drug-likeness (QED) is 0.0588. The van der Waals surface area contributed by atoms with Gasteiger partial charge >= 0.3 is 0 Å². The van der Waals surface area contributed by atoms with Gasteiger partial charge in [0.2, 0.25) is 5.95 Å². The van der Waals surface area contributed by atoms with Crippen molar-refractivity contribution in [3.63, 3.8) is 0 Å². The molecule has 23 nitrogen and oxygen atoms in total. The number of aromatic nitrogens is 19. The molecule has 13 rings (SSSR count). The predicted octanol–water partition coefficient (Wildman–Crippen LogP) is 35.8. The summed E-state index contributed by atoms with van der Waals surface area (Å²) < 4.78 is 33.1. The summed E-state index contributed by atoms with van der Waals surface area (Å²) in [6, 6.07) is 29.2. The number of hydrogen-bond donors (Lipinski definition) is 1. The molecule has 1 N–H and O–H groups in total. The Balaban J connectivity index is 0.000000532. The number of nitrogens with zero attached hydrogens (tertiary/aromatic N) is 20. The molecule has 0 unspecified atom stereocenters. The van der Waals surface area contributed by atoms with Gasteiger partial charge in [-0.1, -0.05) is 299 Å². The van der Waals surface area contributed by atoms with E-state index in [1.807, 2.05) is 98.3 Å². The molecule has 0 aliphatic rings. The van der Waals surface area contributed by atoms with Crippen LogP contribution in [0.15, 0.2) is 107 Å². The standard InChI is InChI=1S/C13H17NS.C11H16N2.C11H17N.C10H14N2S.C10H18N2.C10H16N2.C9H14FNS.C9H16N2.2C9H15NO.2C8H15N3/c1-8(2)10-6-5-7-11-12(10)15-13(14-11)9(3)4;1-8(2)11-6-5-10(7-12)13(11)9(3)4;1-8(2)10-5-6-12-11(7-10)9(3)4;1-6(2)9-8(5-11)12-10(13-9)7(3)4;1-7(2)10-6-9(5)11-12(10)8(3)4;1-7(2)9-5-10(8(3)4)12-11-6-9;1-5(2)7-8(10)11-9(12-7)6(3)4;1-6(2)8-5-9(7(3)4)11-10-8;1-6(2)8-5-10-9(11-8)7(3)4;1-6(2)8-5-9(7(3)4)11-10-8;1-6(2)8-9-5-11(10-8)7(3)4;1-6(2)8-5-11(7(3)4)10-9-8/h5-9H,1-4H3;5-6,8-9H,1-4H3;5-9H,1-4H3;6-7H,1-4H3;6-8H,1-5H3;5-8H,1-4H3;5-6H,1-4H3;5-7H,1-4H3,(H,10,11);4*5-7H,1-4H3. The van der Waals surface area contributed by atoms with Crippen molar-refractivity contribution < 1.29 is 13.3 Å². The van der Waals surface area contributed by atoms with Gasteiger partial charge in [-0.05, 0) is 204 Å². The maximum Gasteiger partial charge on any atom is 0.227 e. The Labute approximate surface area is 881 Å². The molecule has 0 atom stereocenters. The summed E-state index contributed by atoms with van der Waals surface area (Å²) in [5.41, 5.74) is 17.1. The highest BCUT2D eigenvalue weighted by Gasteiger charge is 2.22. The number of aryl methyl sites for hydroxylation is 1. The molecule has 1 aromatic carbocycles. The van der Waals surface area contributed by atoms with E-state index in [2.05, 4.69) is 451 Å². The second-order valence-corrected chi connectivity index (χ2v) is 47.4. The second kappa shape index (κ2) is 64.1. The summed E-state index contributed by atoms with van der Waals surface area (Å²) in [5.74, 6) is 12.9. The lowest BCUT2D eigenvalue weighted by Gasteiger charge is -2.16. The van der Waals surface area contributed by atoms with Crippen LogP contribution in [0.3, 0.4) is 0 Å². The smallest absolute Gasteiger partial charge is 0.227 e. The third-order valence-electron chi connectivity index (χ3n) is 22.5. The maximum atomic E-state index is 13.1. The van der Waals surface area contributed by atoms with E-state index in [0.29, 0.717) is 142 Å². The monoisotopic (exact) mass is 2030 g/mol. The first-order valence-corrected chi connectivity index (χ1v) is 55.2. The number of oxazole rings is 1. The van der Waals surface area contributed by atoms with Crippen LogP contribution in [0.5, 0.6) is 0 Å². The van der Waals surface area contributed by atoms with E-state index >= 15 is 0 Å². The molecule has 0 fully saturated rings. The maximum absolute atomic E-state index is 13.1. The Hall–Kier alpha value is -10.1. The van der Waals surface area contributed by atoms with Crippen LogP contribution in [0.1, 0.15) is 602 Å². The first kappa shape index (κ1) is 130. The molecule has 12 heterocycles. The van der Waals surface area contributed by atoms with Crippen molar-refractivity contribution >= 4 is 44.2 Å².